The van der Waals surface area contributed by atoms with Gasteiger partial charge in [-0.3, -0.25) is 0 Å². The van der Waals surface area contributed by atoms with Crippen LogP contribution in [0.3, 0.4) is 0 Å². The van der Waals surface area contributed by atoms with E-state index in [2.05, 4.69) is 0 Å². The van der Waals surface area contributed by atoms with Crippen molar-refractivity contribution in [2.75, 3.05) is 20.3 Å². The molecule has 0 heterocycles. The highest BCUT2D eigenvalue weighted by atomic mass is 16.7. The summed E-state index contributed by atoms with van der Waals surface area (Å²) in [6.45, 7) is 0.292. The Labute approximate surface area is 77.9 Å². The molecule has 0 aliphatic carbocycles. The van der Waals surface area contributed by atoms with Crippen molar-refractivity contribution < 1.29 is 14.6 Å². The van der Waals surface area contributed by atoms with E-state index in [1.54, 1.807) is 7.11 Å². The van der Waals surface area contributed by atoms with Crippen LogP contribution < -0.4 is 0 Å². The number of ether oxygens (including phenoxy) is 2. The first kappa shape index (κ1) is 10.2. The molecule has 0 fully saturated rings. The van der Waals surface area contributed by atoms with Crippen LogP contribution in [0.1, 0.15) is 11.9 Å². The molecule has 1 aromatic carbocycles. The Bertz CT molecular complexity index is 223. The van der Waals surface area contributed by atoms with Crippen molar-refractivity contribution >= 4 is 0 Å². The molecule has 3 heteroatoms. The molecule has 0 radical (unpaired) electrons. The maximum atomic E-state index is 8.58. The topological polar surface area (TPSA) is 38.7 Å². The minimum absolute atomic E-state index is 0.00664. The highest BCUT2D eigenvalue weighted by Crippen LogP contribution is 2.16. The Kier molecular flexibility index (Phi) is 4.46. The molecule has 1 N–H and O–H groups in total. The quantitative estimate of drug-likeness (QED) is 0.698. The third kappa shape index (κ3) is 3.14. The largest absolute Gasteiger partial charge is 0.394 e. The van der Waals surface area contributed by atoms with Crippen molar-refractivity contribution in [1.82, 2.24) is 0 Å². The van der Waals surface area contributed by atoms with Crippen LogP contribution in [0.4, 0.5) is 0 Å². The number of methoxy groups -OCH3 is 1. The minimum atomic E-state index is -0.381. The maximum absolute atomic E-state index is 8.58. The molecule has 0 aromatic heterocycles. The van der Waals surface area contributed by atoms with Crippen LogP contribution >= 0.6 is 0 Å². The van der Waals surface area contributed by atoms with Gasteiger partial charge in [0.05, 0.1) is 13.2 Å². The number of aliphatic hydroxyl groups excluding tert-OH is 1. The average Bonchev–Trinajstić information content (AvgIpc) is 2.21. The third-order valence-corrected chi connectivity index (χ3v) is 1.65. The van der Waals surface area contributed by atoms with Gasteiger partial charge in [0.15, 0.2) is 6.29 Å². The molecule has 1 rings (SSSR count). The first-order valence-corrected chi connectivity index (χ1v) is 4.18. The Morgan fingerprint density at radius 2 is 2.00 bits per heavy atom. The van der Waals surface area contributed by atoms with Gasteiger partial charge >= 0.3 is 0 Å². The summed E-state index contributed by atoms with van der Waals surface area (Å²) < 4.78 is 10.4. The Morgan fingerprint density at radius 3 is 2.54 bits per heavy atom. The van der Waals surface area contributed by atoms with Gasteiger partial charge in [0, 0.05) is 12.7 Å². The van der Waals surface area contributed by atoms with E-state index in [4.69, 9.17) is 14.6 Å². The number of benzene rings is 1. The summed E-state index contributed by atoms with van der Waals surface area (Å²) >= 11 is 0. The lowest BCUT2D eigenvalue weighted by Crippen LogP contribution is -2.09. The summed E-state index contributed by atoms with van der Waals surface area (Å²) in [5, 5.41) is 8.58. The molecule has 3 nitrogen and oxygen atoms in total. The summed E-state index contributed by atoms with van der Waals surface area (Å²) in [5.41, 5.74) is 0.957. The number of hydrogen-bond acceptors (Lipinski definition) is 3. The van der Waals surface area contributed by atoms with Crippen molar-refractivity contribution in [3.05, 3.63) is 35.9 Å². The highest BCUT2D eigenvalue weighted by Gasteiger charge is 2.08. The second-order valence-corrected chi connectivity index (χ2v) is 2.57. The summed E-state index contributed by atoms with van der Waals surface area (Å²) in [5.74, 6) is 0. The van der Waals surface area contributed by atoms with E-state index in [0.717, 1.165) is 5.56 Å². The molecule has 13 heavy (non-hydrogen) atoms. The third-order valence-electron chi connectivity index (χ3n) is 1.65. The van der Waals surface area contributed by atoms with Crippen molar-refractivity contribution in [2.24, 2.45) is 0 Å². The predicted molar refractivity (Wildman–Crippen MR) is 49.2 cm³/mol. The van der Waals surface area contributed by atoms with Gasteiger partial charge in [-0.2, -0.15) is 0 Å². The summed E-state index contributed by atoms with van der Waals surface area (Å²) in [4.78, 5) is 0. The monoisotopic (exact) mass is 182 g/mol. The molecule has 1 unspecified atom stereocenters. The van der Waals surface area contributed by atoms with Gasteiger partial charge in [0.2, 0.25) is 0 Å². The van der Waals surface area contributed by atoms with Gasteiger partial charge in [-0.05, 0) is 0 Å². The SMILES string of the molecule is COC(OCCO)c1ccccc1. The van der Waals surface area contributed by atoms with Gasteiger partial charge in [-0.25, -0.2) is 0 Å². The van der Waals surface area contributed by atoms with Crippen LogP contribution in [0.5, 0.6) is 0 Å². The molecule has 1 aromatic rings. The van der Waals surface area contributed by atoms with E-state index in [0.29, 0.717) is 0 Å². The molecule has 0 saturated heterocycles. The van der Waals surface area contributed by atoms with Gasteiger partial charge in [-0.1, -0.05) is 30.3 Å². The van der Waals surface area contributed by atoms with E-state index in [9.17, 15) is 0 Å². The van der Waals surface area contributed by atoms with Gasteiger partial charge in [0.25, 0.3) is 0 Å². The molecular formula is C10H14O3. The fraction of sp³-hybridized carbons (Fsp3) is 0.400. The Balaban J connectivity index is 2.56. The zero-order valence-corrected chi connectivity index (χ0v) is 7.64. The molecule has 0 amide bonds. The van der Waals surface area contributed by atoms with Crippen molar-refractivity contribution in [3.63, 3.8) is 0 Å². The van der Waals surface area contributed by atoms with Gasteiger partial charge in [0.1, 0.15) is 0 Å². The van der Waals surface area contributed by atoms with Crippen LogP contribution in [0, 0.1) is 0 Å². The molecule has 0 spiro atoms. The highest BCUT2D eigenvalue weighted by molar-refractivity contribution is 5.15. The first-order chi connectivity index (χ1) is 6.38. The molecule has 0 bridgehead atoms. The van der Waals surface area contributed by atoms with Gasteiger partial charge in [-0.15, -0.1) is 0 Å². The Hall–Kier alpha value is -0.900. The maximum Gasteiger partial charge on any atom is 0.183 e. The summed E-state index contributed by atoms with van der Waals surface area (Å²) in [6, 6.07) is 9.62. The van der Waals surface area contributed by atoms with Gasteiger partial charge < -0.3 is 14.6 Å². The number of rotatable bonds is 5. The van der Waals surface area contributed by atoms with E-state index in [1.807, 2.05) is 30.3 Å². The first-order valence-electron chi connectivity index (χ1n) is 4.18. The molecule has 72 valence electrons. The zero-order chi connectivity index (χ0) is 9.52. The predicted octanol–water partition coefficient (Wildman–Crippen LogP) is 1.34. The number of aliphatic hydroxyl groups is 1. The van der Waals surface area contributed by atoms with E-state index >= 15 is 0 Å². The normalized spacial score (nSPS) is 12.8. The lowest BCUT2D eigenvalue weighted by atomic mass is 10.2. The van der Waals surface area contributed by atoms with Crippen molar-refractivity contribution in [2.45, 2.75) is 6.29 Å². The average molecular weight is 182 g/mol. The van der Waals surface area contributed by atoms with Crippen LogP contribution in [0.2, 0.25) is 0 Å². The van der Waals surface area contributed by atoms with E-state index in [-0.39, 0.29) is 19.5 Å². The lowest BCUT2D eigenvalue weighted by Gasteiger charge is -2.15. The molecule has 0 saturated carbocycles. The van der Waals surface area contributed by atoms with Crippen LogP contribution in [-0.4, -0.2) is 25.4 Å². The van der Waals surface area contributed by atoms with Crippen LogP contribution in [-0.2, 0) is 9.47 Å². The number of hydrogen-bond donors (Lipinski definition) is 1. The molecular weight excluding hydrogens is 168 g/mol. The lowest BCUT2D eigenvalue weighted by molar-refractivity contribution is -0.133. The van der Waals surface area contributed by atoms with Crippen molar-refractivity contribution in [1.29, 1.82) is 0 Å². The molecule has 0 aliphatic rings. The Morgan fingerprint density at radius 1 is 1.31 bits per heavy atom. The second-order valence-electron chi connectivity index (χ2n) is 2.57. The summed E-state index contributed by atoms with van der Waals surface area (Å²) in [7, 11) is 1.58. The molecule has 1 atom stereocenters. The molecule has 0 aliphatic heterocycles. The smallest absolute Gasteiger partial charge is 0.183 e. The van der Waals surface area contributed by atoms with Crippen molar-refractivity contribution in [3.8, 4) is 0 Å². The zero-order valence-electron chi connectivity index (χ0n) is 7.64. The fourth-order valence-electron chi connectivity index (χ4n) is 1.07. The second kappa shape index (κ2) is 5.70. The fourth-order valence-corrected chi connectivity index (χ4v) is 1.07. The summed E-state index contributed by atoms with van der Waals surface area (Å²) in [6.07, 6.45) is -0.381. The van der Waals surface area contributed by atoms with Crippen LogP contribution in [0.25, 0.3) is 0 Å². The van der Waals surface area contributed by atoms with E-state index in [1.165, 1.54) is 0 Å². The standard InChI is InChI=1S/C10H14O3/c1-12-10(13-8-7-11)9-5-3-2-4-6-9/h2-6,10-11H,7-8H2,1H3. The minimum Gasteiger partial charge on any atom is -0.394 e. The van der Waals surface area contributed by atoms with E-state index < -0.39 is 0 Å². The van der Waals surface area contributed by atoms with Crippen LogP contribution in [0.15, 0.2) is 30.3 Å².